The van der Waals surface area contributed by atoms with Crippen LogP contribution in [-0.4, -0.2) is 41.6 Å². The van der Waals surface area contributed by atoms with Gasteiger partial charge in [0.15, 0.2) is 0 Å². The zero-order valence-electron chi connectivity index (χ0n) is 17.6. The van der Waals surface area contributed by atoms with E-state index in [1.54, 1.807) is 12.1 Å². The molecular formula is C20H19N5O7S. The summed E-state index contributed by atoms with van der Waals surface area (Å²) < 4.78 is 32.5. The maximum absolute atomic E-state index is 12.5. The third-order valence-corrected chi connectivity index (χ3v) is 6.10. The maximum atomic E-state index is 12.5. The van der Waals surface area contributed by atoms with E-state index in [9.17, 15) is 28.6 Å². The zero-order chi connectivity index (χ0) is 24.2. The average Bonchev–Trinajstić information content (AvgIpc) is 2.77. The number of hydrogen-bond donors (Lipinski definition) is 1. The number of ether oxygens (including phenoxy) is 1. The predicted octanol–water partition coefficient (Wildman–Crippen LogP) is 2.93. The molecule has 172 valence electrons. The van der Waals surface area contributed by atoms with E-state index in [-0.39, 0.29) is 24.6 Å². The van der Waals surface area contributed by atoms with E-state index in [1.807, 2.05) is 31.2 Å². The van der Waals surface area contributed by atoms with Gasteiger partial charge in [-0.15, -0.1) is 10.2 Å². The highest BCUT2D eigenvalue weighted by Gasteiger charge is 2.27. The molecule has 2 aromatic carbocycles. The molecular weight excluding hydrogens is 454 g/mol. The largest absolute Gasteiger partial charge is 0.475 e. The Morgan fingerprint density at radius 3 is 2.06 bits per heavy atom. The molecule has 33 heavy (non-hydrogen) atoms. The molecule has 0 saturated carbocycles. The molecule has 12 nitrogen and oxygen atoms in total. The Kier molecular flexibility index (Phi) is 6.94. The number of aromatic nitrogens is 2. The van der Waals surface area contributed by atoms with Crippen LogP contribution in [0.4, 0.5) is 11.4 Å². The maximum Gasteiger partial charge on any atom is 0.280 e. The topological polar surface area (TPSA) is 167 Å². The second-order valence-electron chi connectivity index (χ2n) is 6.97. The van der Waals surface area contributed by atoms with Gasteiger partial charge >= 0.3 is 0 Å². The predicted molar refractivity (Wildman–Crippen MR) is 117 cm³/mol. The van der Waals surface area contributed by atoms with Gasteiger partial charge in [-0.05, 0) is 19.9 Å². The molecule has 0 fully saturated rings. The van der Waals surface area contributed by atoms with Gasteiger partial charge in [-0.25, -0.2) is 13.1 Å². The number of hydrogen-bond acceptors (Lipinski definition) is 9. The van der Waals surface area contributed by atoms with Crippen molar-refractivity contribution in [2.45, 2.75) is 18.7 Å². The van der Waals surface area contributed by atoms with Gasteiger partial charge in [-0.3, -0.25) is 20.2 Å². The van der Waals surface area contributed by atoms with Crippen LogP contribution in [0.2, 0.25) is 0 Å². The number of nitrogens with one attached hydrogen (secondary N) is 1. The summed E-state index contributed by atoms with van der Waals surface area (Å²) in [7, 11) is -4.26. The highest BCUT2D eigenvalue weighted by atomic mass is 32.2. The van der Waals surface area contributed by atoms with Gasteiger partial charge in [0.1, 0.15) is 12.2 Å². The Morgan fingerprint density at radius 1 is 0.939 bits per heavy atom. The normalized spacial score (nSPS) is 11.2. The monoisotopic (exact) mass is 473 g/mol. The Morgan fingerprint density at radius 2 is 1.55 bits per heavy atom. The van der Waals surface area contributed by atoms with E-state index in [0.29, 0.717) is 5.69 Å². The Hall–Kier alpha value is -3.97. The Balaban J connectivity index is 1.64. The number of rotatable bonds is 9. The van der Waals surface area contributed by atoms with Crippen LogP contribution >= 0.6 is 0 Å². The number of benzene rings is 2. The summed E-state index contributed by atoms with van der Waals surface area (Å²) in [5.74, 6) is 0.173. The second kappa shape index (κ2) is 9.67. The lowest BCUT2D eigenvalue weighted by molar-refractivity contribution is -0.395. The van der Waals surface area contributed by atoms with Crippen LogP contribution in [-0.2, 0) is 10.0 Å². The van der Waals surface area contributed by atoms with Crippen LogP contribution in [0.1, 0.15) is 11.1 Å². The second-order valence-corrected chi connectivity index (χ2v) is 8.74. The summed E-state index contributed by atoms with van der Waals surface area (Å²) in [4.78, 5) is 20.0. The van der Waals surface area contributed by atoms with Gasteiger partial charge in [-0.1, -0.05) is 29.8 Å². The Bertz CT molecular complexity index is 1260. The van der Waals surface area contributed by atoms with Crippen molar-refractivity contribution in [2.75, 3.05) is 13.2 Å². The van der Waals surface area contributed by atoms with Gasteiger partial charge in [0, 0.05) is 30.3 Å². The lowest BCUT2D eigenvalue weighted by atomic mass is 10.1. The van der Waals surface area contributed by atoms with Gasteiger partial charge in [-0.2, -0.15) is 0 Å². The number of sulfonamides is 1. The summed E-state index contributed by atoms with van der Waals surface area (Å²) in [6, 6.07) is 12.6. The van der Waals surface area contributed by atoms with Crippen LogP contribution in [0, 0.1) is 34.1 Å². The molecule has 3 aromatic rings. The highest BCUT2D eigenvalue weighted by Crippen LogP contribution is 2.31. The SMILES string of the molecule is Cc1ccc(-c2ccc(OCCNS(=O)(=O)c3cc([N+](=O)[O-])c(C)c([N+](=O)[O-])c3)nn2)cc1. The molecule has 0 saturated heterocycles. The first kappa shape index (κ1) is 23.7. The van der Waals surface area contributed by atoms with E-state index in [0.717, 1.165) is 23.3 Å². The van der Waals surface area contributed by atoms with Crippen LogP contribution in [0.25, 0.3) is 11.3 Å². The molecule has 0 radical (unpaired) electrons. The minimum atomic E-state index is -4.26. The molecule has 0 bridgehead atoms. The van der Waals surface area contributed by atoms with Crippen molar-refractivity contribution in [1.29, 1.82) is 0 Å². The lowest BCUT2D eigenvalue weighted by Gasteiger charge is -2.09. The molecule has 0 aliphatic carbocycles. The Labute approximate surface area is 188 Å². The van der Waals surface area contributed by atoms with E-state index in [1.165, 1.54) is 6.92 Å². The first-order valence-electron chi connectivity index (χ1n) is 9.55. The first-order valence-corrected chi connectivity index (χ1v) is 11.0. The first-order chi connectivity index (χ1) is 15.6. The number of nitro benzene ring substituents is 2. The fourth-order valence-electron chi connectivity index (χ4n) is 2.88. The molecule has 13 heteroatoms. The molecule has 0 unspecified atom stereocenters. The van der Waals surface area contributed by atoms with Crippen LogP contribution < -0.4 is 9.46 Å². The molecule has 0 atom stereocenters. The van der Waals surface area contributed by atoms with E-state index >= 15 is 0 Å². The molecule has 1 N–H and O–H groups in total. The molecule has 3 rings (SSSR count). The fraction of sp³-hybridized carbons (Fsp3) is 0.200. The van der Waals surface area contributed by atoms with Gasteiger partial charge in [0.05, 0.1) is 20.4 Å². The van der Waals surface area contributed by atoms with Crippen molar-refractivity contribution < 1.29 is 23.0 Å². The molecule has 0 spiro atoms. The molecule has 0 amide bonds. The summed E-state index contributed by atoms with van der Waals surface area (Å²) in [6.45, 7) is 2.83. The summed E-state index contributed by atoms with van der Waals surface area (Å²) >= 11 is 0. The standard InChI is InChI=1S/C20H19N5O7S/c1-13-3-5-15(6-4-13)17-7-8-20(23-22-17)32-10-9-21-33(30,31)16-11-18(24(26)27)14(2)19(12-16)25(28)29/h3-8,11-12,21H,9-10H2,1-2H3. The van der Waals surface area contributed by atoms with Crippen molar-refractivity contribution in [3.05, 3.63) is 79.9 Å². The van der Waals surface area contributed by atoms with Crippen molar-refractivity contribution in [3.63, 3.8) is 0 Å². The van der Waals surface area contributed by atoms with Crippen molar-refractivity contribution in [2.24, 2.45) is 0 Å². The van der Waals surface area contributed by atoms with Crippen molar-refractivity contribution in [3.8, 4) is 17.1 Å². The molecule has 0 aliphatic heterocycles. The summed E-state index contributed by atoms with van der Waals surface area (Å²) in [5, 5.41) is 30.3. The summed E-state index contributed by atoms with van der Waals surface area (Å²) in [6.07, 6.45) is 0. The van der Waals surface area contributed by atoms with Crippen LogP contribution in [0.3, 0.4) is 0 Å². The minimum Gasteiger partial charge on any atom is -0.475 e. The number of aryl methyl sites for hydroxylation is 1. The van der Waals surface area contributed by atoms with E-state index in [2.05, 4.69) is 14.9 Å². The lowest BCUT2D eigenvalue weighted by Crippen LogP contribution is -2.28. The summed E-state index contributed by atoms with van der Waals surface area (Å²) in [5.41, 5.74) is 1.08. The van der Waals surface area contributed by atoms with Gasteiger partial charge in [0.25, 0.3) is 11.4 Å². The molecule has 1 heterocycles. The smallest absolute Gasteiger partial charge is 0.280 e. The number of nitrogens with zero attached hydrogens (tertiary/aromatic N) is 4. The third-order valence-electron chi connectivity index (χ3n) is 4.66. The van der Waals surface area contributed by atoms with Crippen molar-refractivity contribution in [1.82, 2.24) is 14.9 Å². The average molecular weight is 473 g/mol. The van der Waals surface area contributed by atoms with Crippen molar-refractivity contribution >= 4 is 21.4 Å². The van der Waals surface area contributed by atoms with Crippen LogP contribution in [0.5, 0.6) is 5.88 Å². The van der Waals surface area contributed by atoms with E-state index < -0.39 is 36.1 Å². The van der Waals surface area contributed by atoms with Crippen LogP contribution in [0.15, 0.2) is 53.4 Å². The van der Waals surface area contributed by atoms with Gasteiger partial charge < -0.3 is 4.74 Å². The zero-order valence-corrected chi connectivity index (χ0v) is 18.4. The highest BCUT2D eigenvalue weighted by molar-refractivity contribution is 7.89. The van der Waals surface area contributed by atoms with Gasteiger partial charge in [0.2, 0.25) is 15.9 Å². The third kappa shape index (κ3) is 5.64. The van der Waals surface area contributed by atoms with E-state index in [4.69, 9.17) is 4.74 Å². The number of nitro groups is 2. The molecule has 0 aliphatic rings. The fourth-order valence-corrected chi connectivity index (χ4v) is 3.94. The minimum absolute atomic E-state index is 0.117. The quantitative estimate of drug-likeness (QED) is 0.279. The molecule has 1 aromatic heterocycles.